The highest BCUT2D eigenvalue weighted by Crippen LogP contribution is 2.33. The van der Waals surface area contributed by atoms with Crippen LogP contribution in [-0.2, 0) is 6.42 Å². The average molecular weight is 416 g/mol. The number of carbonyl (C=O) groups is 1. The Labute approximate surface area is 152 Å². The van der Waals surface area contributed by atoms with E-state index in [0.717, 1.165) is 10.0 Å². The van der Waals surface area contributed by atoms with E-state index in [1.54, 1.807) is 14.2 Å². The highest BCUT2D eigenvalue weighted by atomic mass is 79.9. The molecule has 8 heteroatoms. The molecule has 2 rings (SSSR count). The third-order valence-corrected chi connectivity index (χ3v) is 4.37. The van der Waals surface area contributed by atoms with Crippen LogP contribution < -0.4 is 20.3 Å². The van der Waals surface area contributed by atoms with E-state index in [4.69, 9.17) is 21.1 Å². The number of halogens is 2. The number of carbonyl (C=O) groups excluding carboxylic acids is 1. The first-order valence-corrected chi connectivity index (χ1v) is 8.20. The van der Waals surface area contributed by atoms with Crippen molar-refractivity contribution in [2.24, 2.45) is 0 Å². The van der Waals surface area contributed by atoms with E-state index in [1.807, 2.05) is 12.1 Å². The zero-order chi connectivity index (χ0) is 17.7. The lowest BCUT2D eigenvalue weighted by molar-refractivity contribution is 0.0953. The molecule has 1 aromatic carbocycles. The Morgan fingerprint density at radius 2 is 1.92 bits per heavy atom. The molecule has 0 radical (unpaired) electrons. The molecule has 0 unspecified atom stereocenters. The zero-order valence-electron chi connectivity index (χ0n) is 13.1. The summed E-state index contributed by atoms with van der Waals surface area (Å²) in [6.07, 6.45) is 1.92. The molecule has 1 amide bonds. The van der Waals surface area contributed by atoms with Gasteiger partial charge in [-0.2, -0.15) is 0 Å². The molecular weight excluding hydrogens is 400 g/mol. The molecule has 1 heterocycles. The minimum atomic E-state index is -0.428. The monoisotopic (exact) mass is 414 g/mol. The van der Waals surface area contributed by atoms with Gasteiger partial charge in [0.25, 0.3) is 11.5 Å². The molecule has 0 atom stereocenters. The number of hydrogen-bond donors (Lipinski definition) is 2. The van der Waals surface area contributed by atoms with Crippen molar-refractivity contribution in [1.29, 1.82) is 0 Å². The fraction of sp³-hybridized carbons (Fsp3) is 0.250. The van der Waals surface area contributed by atoms with Crippen molar-refractivity contribution in [3.05, 3.63) is 55.4 Å². The number of amides is 1. The molecule has 0 saturated heterocycles. The molecule has 0 aliphatic heterocycles. The van der Waals surface area contributed by atoms with E-state index in [0.29, 0.717) is 30.0 Å². The molecule has 1 aromatic heterocycles. The van der Waals surface area contributed by atoms with Crippen LogP contribution in [-0.4, -0.2) is 31.7 Å². The number of methoxy groups -OCH3 is 2. The molecule has 0 fully saturated rings. The first kappa shape index (κ1) is 18.4. The first-order chi connectivity index (χ1) is 11.5. The topological polar surface area (TPSA) is 80.4 Å². The summed E-state index contributed by atoms with van der Waals surface area (Å²) in [5.74, 6) is 0.930. The number of aromatic amines is 1. The normalized spacial score (nSPS) is 10.3. The van der Waals surface area contributed by atoms with Gasteiger partial charge in [-0.05, 0) is 30.2 Å². The number of benzene rings is 1. The van der Waals surface area contributed by atoms with Gasteiger partial charge in [-0.25, -0.2) is 0 Å². The summed E-state index contributed by atoms with van der Waals surface area (Å²) in [6, 6.07) is 5.01. The van der Waals surface area contributed by atoms with Gasteiger partial charge in [-0.1, -0.05) is 27.5 Å². The zero-order valence-corrected chi connectivity index (χ0v) is 15.5. The van der Waals surface area contributed by atoms with Gasteiger partial charge >= 0.3 is 0 Å². The first-order valence-electron chi connectivity index (χ1n) is 7.03. The number of nitrogens with one attached hydrogen (secondary N) is 2. The van der Waals surface area contributed by atoms with Crippen LogP contribution in [0.1, 0.15) is 15.9 Å². The predicted molar refractivity (Wildman–Crippen MR) is 95.4 cm³/mol. The Morgan fingerprint density at radius 3 is 2.54 bits per heavy atom. The van der Waals surface area contributed by atoms with Crippen molar-refractivity contribution in [2.75, 3.05) is 20.8 Å². The Kier molecular flexibility index (Phi) is 6.28. The van der Waals surface area contributed by atoms with Crippen LogP contribution >= 0.6 is 27.5 Å². The van der Waals surface area contributed by atoms with E-state index < -0.39 is 5.56 Å². The van der Waals surface area contributed by atoms with Crippen LogP contribution in [0.5, 0.6) is 11.5 Å². The smallest absolute Gasteiger partial charge is 0.266 e. The number of pyridine rings is 1. The minimum Gasteiger partial charge on any atom is -0.493 e. The van der Waals surface area contributed by atoms with E-state index >= 15 is 0 Å². The van der Waals surface area contributed by atoms with Gasteiger partial charge in [0, 0.05) is 17.2 Å². The molecular formula is C16H16BrClN2O4. The molecule has 0 aliphatic rings. The van der Waals surface area contributed by atoms with Gasteiger partial charge in [-0.15, -0.1) is 0 Å². The van der Waals surface area contributed by atoms with Crippen molar-refractivity contribution < 1.29 is 14.3 Å². The third-order valence-electron chi connectivity index (χ3n) is 3.35. The Morgan fingerprint density at radius 1 is 1.25 bits per heavy atom. The van der Waals surface area contributed by atoms with Crippen LogP contribution in [0.25, 0.3) is 0 Å². The largest absolute Gasteiger partial charge is 0.493 e. The molecule has 0 bridgehead atoms. The molecule has 0 aliphatic carbocycles. The predicted octanol–water partition coefficient (Wildman–Crippen LogP) is 2.78. The molecule has 128 valence electrons. The highest BCUT2D eigenvalue weighted by molar-refractivity contribution is 9.10. The van der Waals surface area contributed by atoms with Gasteiger partial charge in [0.1, 0.15) is 5.02 Å². The fourth-order valence-electron chi connectivity index (χ4n) is 2.09. The lowest BCUT2D eigenvalue weighted by Crippen LogP contribution is -2.26. The number of ether oxygens (including phenoxy) is 2. The van der Waals surface area contributed by atoms with Crippen LogP contribution in [0.4, 0.5) is 0 Å². The Hall–Kier alpha value is -1.99. The molecule has 6 nitrogen and oxygen atoms in total. The van der Waals surface area contributed by atoms with Crippen molar-refractivity contribution >= 4 is 33.4 Å². The lowest BCUT2D eigenvalue weighted by Gasteiger charge is -2.12. The molecule has 2 aromatic rings. The summed E-state index contributed by atoms with van der Waals surface area (Å²) in [4.78, 5) is 25.7. The van der Waals surface area contributed by atoms with Crippen LogP contribution in [0, 0.1) is 0 Å². The maximum atomic E-state index is 12.1. The summed E-state index contributed by atoms with van der Waals surface area (Å²) in [5.41, 5.74) is 0.834. The maximum absolute atomic E-state index is 12.1. The number of hydrogen-bond acceptors (Lipinski definition) is 4. The van der Waals surface area contributed by atoms with E-state index in [2.05, 4.69) is 26.2 Å². The number of aromatic nitrogens is 1. The summed E-state index contributed by atoms with van der Waals surface area (Å²) in [5, 5.41) is 2.75. The second kappa shape index (κ2) is 8.21. The summed E-state index contributed by atoms with van der Waals surface area (Å²) >= 11 is 9.19. The molecule has 2 N–H and O–H groups in total. The minimum absolute atomic E-state index is 0.0229. The van der Waals surface area contributed by atoms with Crippen LogP contribution in [0.15, 0.2) is 33.7 Å². The van der Waals surface area contributed by atoms with Gasteiger partial charge in [0.15, 0.2) is 11.5 Å². The van der Waals surface area contributed by atoms with Gasteiger partial charge in [0.2, 0.25) is 0 Å². The summed E-state index contributed by atoms with van der Waals surface area (Å²) in [7, 11) is 3.14. The summed E-state index contributed by atoms with van der Waals surface area (Å²) in [6.45, 7) is 0.406. The number of H-pyrrole nitrogens is 1. The van der Waals surface area contributed by atoms with Crippen LogP contribution in [0.3, 0.4) is 0 Å². The molecule has 0 spiro atoms. The van der Waals surface area contributed by atoms with Gasteiger partial charge < -0.3 is 19.8 Å². The third kappa shape index (κ3) is 4.30. The average Bonchev–Trinajstić information content (AvgIpc) is 2.58. The van der Waals surface area contributed by atoms with Crippen LogP contribution in [0.2, 0.25) is 5.02 Å². The fourth-order valence-corrected chi connectivity index (χ4v) is 2.78. The van der Waals surface area contributed by atoms with E-state index in [9.17, 15) is 9.59 Å². The maximum Gasteiger partial charge on any atom is 0.266 e. The molecule has 0 saturated carbocycles. The standard InChI is InChI=1S/C16H16BrClN2O4/c1-23-13-6-9(11(17)7-14(13)24-2)3-4-19-15(21)10-5-12(18)16(22)20-8-10/h5-8H,3-4H2,1-2H3,(H,19,21)(H,20,22). The van der Waals surface area contributed by atoms with Crippen molar-refractivity contribution in [3.63, 3.8) is 0 Å². The van der Waals surface area contributed by atoms with E-state index in [1.165, 1.54) is 12.3 Å². The SMILES string of the molecule is COc1cc(Br)c(CCNC(=O)c2c[nH]c(=O)c(Cl)c2)cc1OC. The highest BCUT2D eigenvalue weighted by Gasteiger charge is 2.11. The van der Waals surface area contributed by atoms with Gasteiger partial charge in [-0.3, -0.25) is 9.59 Å². The molecule has 24 heavy (non-hydrogen) atoms. The lowest BCUT2D eigenvalue weighted by atomic mass is 10.1. The Bertz CT molecular complexity index is 807. The van der Waals surface area contributed by atoms with E-state index in [-0.39, 0.29) is 10.9 Å². The second-order valence-electron chi connectivity index (χ2n) is 4.87. The van der Waals surface area contributed by atoms with Gasteiger partial charge in [0.05, 0.1) is 19.8 Å². The van der Waals surface area contributed by atoms with Crippen molar-refractivity contribution in [1.82, 2.24) is 10.3 Å². The van der Waals surface area contributed by atoms with Crippen molar-refractivity contribution in [3.8, 4) is 11.5 Å². The number of rotatable bonds is 6. The van der Waals surface area contributed by atoms with Crippen molar-refractivity contribution in [2.45, 2.75) is 6.42 Å². The quantitative estimate of drug-likeness (QED) is 0.760. The second-order valence-corrected chi connectivity index (χ2v) is 6.13. The summed E-state index contributed by atoms with van der Waals surface area (Å²) < 4.78 is 11.4. The Balaban J connectivity index is 2.02.